The van der Waals surface area contributed by atoms with E-state index in [0.717, 1.165) is 44.1 Å². The Kier molecular flexibility index (Phi) is 5.34. The topological polar surface area (TPSA) is 68.2 Å². The Bertz CT molecular complexity index is 379. The fourth-order valence-corrected chi connectivity index (χ4v) is 2.88. The molecule has 19 heavy (non-hydrogen) atoms. The molecule has 108 valence electrons. The van der Waals surface area contributed by atoms with Crippen molar-refractivity contribution in [2.75, 3.05) is 13.1 Å². The van der Waals surface area contributed by atoms with Crippen LogP contribution in [-0.2, 0) is 13.0 Å². The van der Waals surface area contributed by atoms with Gasteiger partial charge < -0.3 is 10.3 Å². The van der Waals surface area contributed by atoms with Crippen molar-refractivity contribution in [1.29, 1.82) is 0 Å². The minimum atomic E-state index is 0.444. The van der Waals surface area contributed by atoms with Crippen LogP contribution in [0.2, 0.25) is 0 Å². The second-order valence-electron chi connectivity index (χ2n) is 5.60. The first-order valence-electron chi connectivity index (χ1n) is 7.50. The number of rotatable bonds is 6. The number of aryl methyl sites for hydroxylation is 1. The number of hydrogen-bond donors (Lipinski definition) is 1. The van der Waals surface area contributed by atoms with Gasteiger partial charge in [-0.25, -0.2) is 0 Å². The highest BCUT2D eigenvalue weighted by molar-refractivity contribution is 4.90. The summed E-state index contributed by atoms with van der Waals surface area (Å²) in [5.41, 5.74) is 5.90. The minimum Gasteiger partial charge on any atom is -0.338 e. The van der Waals surface area contributed by atoms with Gasteiger partial charge >= 0.3 is 0 Å². The zero-order valence-electron chi connectivity index (χ0n) is 12.1. The predicted octanol–water partition coefficient (Wildman–Crippen LogP) is 1.97. The number of unbranched alkanes of at least 4 members (excludes halogenated alkanes) is 1. The molecular weight excluding hydrogens is 240 g/mol. The van der Waals surface area contributed by atoms with Crippen LogP contribution < -0.4 is 5.73 Å². The molecule has 0 spiro atoms. The van der Waals surface area contributed by atoms with E-state index in [1.807, 2.05) is 0 Å². The molecule has 0 aromatic carbocycles. The Hall–Kier alpha value is -0.940. The molecular formula is C14H26N4O. The van der Waals surface area contributed by atoms with Crippen molar-refractivity contribution in [2.45, 2.75) is 58.5 Å². The van der Waals surface area contributed by atoms with E-state index in [2.05, 4.69) is 28.9 Å². The first-order valence-corrected chi connectivity index (χ1v) is 7.50. The van der Waals surface area contributed by atoms with Crippen molar-refractivity contribution in [3.63, 3.8) is 0 Å². The van der Waals surface area contributed by atoms with Gasteiger partial charge in [0.1, 0.15) is 0 Å². The van der Waals surface area contributed by atoms with Gasteiger partial charge in [0, 0.05) is 19.0 Å². The van der Waals surface area contributed by atoms with E-state index in [4.69, 9.17) is 10.3 Å². The molecule has 1 aliphatic rings. The lowest BCUT2D eigenvalue weighted by molar-refractivity contribution is 0.0874. The van der Waals surface area contributed by atoms with E-state index < -0.39 is 0 Å². The van der Waals surface area contributed by atoms with Crippen molar-refractivity contribution in [3.8, 4) is 0 Å². The molecule has 0 aliphatic carbocycles. The van der Waals surface area contributed by atoms with Crippen LogP contribution in [0.25, 0.3) is 0 Å². The van der Waals surface area contributed by atoms with Gasteiger partial charge in [0.25, 0.3) is 0 Å². The molecule has 1 aromatic rings. The largest absolute Gasteiger partial charge is 0.338 e. The molecule has 2 rings (SSSR count). The van der Waals surface area contributed by atoms with Gasteiger partial charge in [0.05, 0.1) is 6.54 Å². The van der Waals surface area contributed by atoms with Gasteiger partial charge in [0.2, 0.25) is 5.89 Å². The smallest absolute Gasteiger partial charge is 0.240 e. The Labute approximate surface area is 115 Å². The maximum absolute atomic E-state index is 5.90. The van der Waals surface area contributed by atoms with Gasteiger partial charge in [-0.3, -0.25) is 4.90 Å². The van der Waals surface area contributed by atoms with Crippen LogP contribution in [0, 0.1) is 5.92 Å². The van der Waals surface area contributed by atoms with E-state index in [1.54, 1.807) is 0 Å². The predicted molar refractivity (Wildman–Crippen MR) is 74.6 cm³/mol. The number of likely N-dealkylation sites (tertiary alicyclic amines) is 1. The van der Waals surface area contributed by atoms with E-state index in [0.29, 0.717) is 18.5 Å². The highest BCUT2D eigenvalue weighted by Gasteiger charge is 2.28. The molecule has 2 unspecified atom stereocenters. The summed E-state index contributed by atoms with van der Waals surface area (Å²) in [4.78, 5) is 6.87. The van der Waals surface area contributed by atoms with Crippen LogP contribution in [0.5, 0.6) is 0 Å². The molecule has 0 saturated carbocycles. The average Bonchev–Trinajstić information content (AvgIpc) is 2.84. The highest BCUT2D eigenvalue weighted by Crippen LogP contribution is 2.23. The Morgan fingerprint density at radius 3 is 3.05 bits per heavy atom. The number of hydrogen-bond acceptors (Lipinski definition) is 5. The third-order valence-corrected chi connectivity index (χ3v) is 4.07. The van der Waals surface area contributed by atoms with E-state index in [-0.39, 0.29) is 0 Å². The summed E-state index contributed by atoms with van der Waals surface area (Å²) in [7, 11) is 0. The van der Waals surface area contributed by atoms with Gasteiger partial charge in [-0.1, -0.05) is 25.4 Å². The lowest BCUT2D eigenvalue weighted by Gasteiger charge is -2.38. The molecule has 2 N–H and O–H groups in total. The fourth-order valence-electron chi connectivity index (χ4n) is 2.88. The molecule has 5 heteroatoms. The molecule has 2 heterocycles. The normalized spacial score (nSPS) is 24.8. The molecule has 1 aromatic heterocycles. The third-order valence-electron chi connectivity index (χ3n) is 4.07. The number of nitrogens with zero attached hydrogens (tertiary/aromatic N) is 3. The standard InChI is InChI=1S/C14H26N4O/c1-3-4-7-13-16-14(19-17-13)10-18-8-5-6-11(2)12(18)9-15/h11-12H,3-10,15H2,1-2H3. The van der Waals surface area contributed by atoms with Crippen molar-refractivity contribution in [3.05, 3.63) is 11.7 Å². The number of aromatic nitrogens is 2. The quantitative estimate of drug-likeness (QED) is 0.852. The van der Waals surface area contributed by atoms with Crippen molar-refractivity contribution in [2.24, 2.45) is 11.7 Å². The Balaban J connectivity index is 1.93. The molecule has 0 radical (unpaired) electrons. The van der Waals surface area contributed by atoms with Crippen molar-refractivity contribution >= 4 is 0 Å². The van der Waals surface area contributed by atoms with E-state index in [1.165, 1.54) is 12.8 Å². The Morgan fingerprint density at radius 1 is 1.47 bits per heavy atom. The molecule has 5 nitrogen and oxygen atoms in total. The summed E-state index contributed by atoms with van der Waals surface area (Å²) in [5, 5.41) is 4.05. The SMILES string of the molecule is CCCCc1noc(CN2CCCC(C)C2CN)n1. The van der Waals surface area contributed by atoms with Gasteiger partial charge in [0.15, 0.2) is 5.82 Å². The van der Waals surface area contributed by atoms with Crippen LogP contribution in [0.4, 0.5) is 0 Å². The molecule has 0 bridgehead atoms. The van der Waals surface area contributed by atoms with Crippen LogP contribution in [0.15, 0.2) is 4.52 Å². The first-order chi connectivity index (χ1) is 9.24. The van der Waals surface area contributed by atoms with E-state index >= 15 is 0 Å². The summed E-state index contributed by atoms with van der Waals surface area (Å²) in [6.07, 6.45) is 5.68. The van der Waals surface area contributed by atoms with E-state index in [9.17, 15) is 0 Å². The van der Waals surface area contributed by atoms with Crippen LogP contribution >= 0.6 is 0 Å². The lowest BCUT2D eigenvalue weighted by atomic mass is 9.91. The average molecular weight is 266 g/mol. The zero-order chi connectivity index (χ0) is 13.7. The maximum atomic E-state index is 5.90. The molecule has 2 atom stereocenters. The van der Waals surface area contributed by atoms with Crippen LogP contribution in [-0.4, -0.2) is 34.2 Å². The van der Waals surface area contributed by atoms with Crippen LogP contribution in [0.1, 0.15) is 51.2 Å². The fraction of sp³-hybridized carbons (Fsp3) is 0.857. The summed E-state index contributed by atoms with van der Waals surface area (Å²) in [6.45, 7) is 6.98. The monoisotopic (exact) mass is 266 g/mol. The summed E-state index contributed by atoms with van der Waals surface area (Å²) in [6, 6.07) is 0.444. The first kappa shape index (κ1) is 14.5. The van der Waals surface area contributed by atoms with Gasteiger partial charge in [-0.15, -0.1) is 0 Å². The summed E-state index contributed by atoms with van der Waals surface area (Å²) in [5.74, 6) is 2.23. The minimum absolute atomic E-state index is 0.444. The lowest BCUT2D eigenvalue weighted by Crippen LogP contribution is -2.48. The summed E-state index contributed by atoms with van der Waals surface area (Å²) >= 11 is 0. The third kappa shape index (κ3) is 3.76. The van der Waals surface area contributed by atoms with Gasteiger partial charge in [-0.05, 0) is 31.7 Å². The summed E-state index contributed by atoms with van der Waals surface area (Å²) < 4.78 is 5.35. The molecule has 0 amide bonds. The maximum Gasteiger partial charge on any atom is 0.240 e. The molecule has 1 fully saturated rings. The zero-order valence-corrected chi connectivity index (χ0v) is 12.1. The second-order valence-corrected chi connectivity index (χ2v) is 5.60. The van der Waals surface area contributed by atoms with Crippen molar-refractivity contribution < 1.29 is 4.52 Å². The Morgan fingerprint density at radius 2 is 2.32 bits per heavy atom. The van der Waals surface area contributed by atoms with Gasteiger partial charge in [-0.2, -0.15) is 4.98 Å². The van der Waals surface area contributed by atoms with Crippen molar-refractivity contribution in [1.82, 2.24) is 15.0 Å². The second kappa shape index (κ2) is 7.01. The van der Waals surface area contributed by atoms with Crippen LogP contribution in [0.3, 0.4) is 0 Å². The highest BCUT2D eigenvalue weighted by atomic mass is 16.5. The molecule has 1 aliphatic heterocycles. The number of nitrogens with two attached hydrogens (primary N) is 1. The molecule has 1 saturated heterocycles. The number of piperidine rings is 1.